The Balaban J connectivity index is 1.87. The standard InChI is InChI=1S/C13H18IN3O2/c1-9(18)16-6-5-11-10(8-16)13(14)17(15-11)12-4-2-3-7-19-12/h12H,2-8H2,1H3. The fourth-order valence-electron chi connectivity index (χ4n) is 2.74. The van der Waals surface area contributed by atoms with Gasteiger partial charge in [-0.3, -0.25) is 4.79 Å². The van der Waals surface area contributed by atoms with Crippen molar-refractivity contribution in [2.75, 3.05) is 13.2 Å². The summed E-state index contributed by atoms with van der Waals surface area (Å²) in [5, 5.41) is 4.71. The highest BCUT2D eigenvalue weighted by atomic mass is 127. The van der Waals surface area contributed by atoms with Crippen LogP contribution in [0, 0.1) is 3.70 Å². The molecule has 2 aliphatic rings. The van der Waals surface area contributed by atoms with Gasteiger partial charge in [-0.1, -0.05) is 0 Å². The first-order valence-electron chi connectivity index (χ1n) is 6.79. The van der Waals surface area contributed by atoms with Crippen molar-refractivity contribution in [2.24, 2.45) is 0 Å². The van der Waals surface area contributed by atoms with Crippen LogP contribution in [0.1, 0.15) is 43.7 Å². The normalized spacial score (nSPS) is 23.3. The van der Waals surface area contributed by atoms with Gasteiger partial charge in [0.15, 0.2) is 6.23 Å². The Morgan fingerprint density at radius 2 is 2.32 bits per heavy atom. The molecule has 0 N–H and O–H groups in total. The van der Waals surface area contributed by atoms with Crippen molar-refractivity contribution in [1.82, 2.24) is 14.7 Å². The summed E-state index contributed by atoms with van der Waals surface area (Å²) in [6.45, 7) is 3.92. The largest absolute Gasteiger partial charge is 0.356 e. The van der Waals surface area contributed by atoms with Crippen LogP contribution in [0.15, 0.2) is 0 Å². The third kappa shape index (κ3) is 2.52. The van der Waals surface area contributed by atoms with Gasteiger partial charge in [0.2, 0.25) is 5.91 Å². The number of halogens is 1. The molecule has 1 saturated heterocycles. The molecule has 6 heteroatoms. The van der Waals surface area contributed by atoms with E-state index in [9.17, 15) is 4.79 Å². The van der Waals surface area contributed by atoms with Crippen molar-refractivity contribution in [2.45, 2.75) is 45.4 Å². The van der Waals surface area contributed by atoms with Gasteiger partial charge in [0.25, 0.3) is 0 Å². The van der Waals surface area contributed by atoms with Gasteiger partial charge < -0.3 is 9.64 Å². The van der Waals surface area contributed by atoms with Gasteiger partial charge in [0.05, 0.1) is 12.2 Å². The van der Waals surface area contributed by atoms with E-state index in [1.54, 1.807) is 6.92 Å². The molecule has 3 rings (SSSR count). The van der Waals surface area contributed by atoms with Crippen LogP contribution in [0.25, 0.3) is 0 Å². The monoisotopic (exact) mass is 375 g/mol. The molecule has 0 aromatic carbocycles. The second kappa shape index (κ2) is 5.40. The molecule has 19 heavy (non-hydrogen) atoms. The first-order valence-corrected chi connectivity index (χ1v) is 7.87. The van der Waals surface area contributed by atoms with Crippen LogP contribution in [0.4, 0.5) is 0 Å². The van der Waals surface area contributed by atoms with Gasteiger partial charge in [-0.2, -0.15) is 5.10 Å². The van der Waals surface area contributed by atoms with E-state index in [-0.39, 0.29) is 12.1 Å². The lowest BCUT2D eigenvalue weighted by Crippen LogP contribution is -2.34. The molecule has 0 saturated carbocycles. The highest BCUT2D eigenvalue weighted by Crippen LogP contribution is 2.29. The minimum Gasteiger partial charge on any atom is -0.356 e. The molecule has 0 radical (unpaired) electrons. The van der Waals surface area contributed by atoms with E-state index in [0.717, 1.165) is 41.8 Å². The third-order valence-electron chi connectivity index (χ3n) is 3.87. The van der Waals surface area contributed by atoms with Crippen molar-refractivity contribution in [1.29, 1.82) is 0 Å². The minimum absolute atomic E-state index is 0.0806. The van der Waals surface area contributed by atoms with Crippen molar-refractivity contribution in [3.8, 4) is 0 Å². The van der Waals surface area contributed by atoms with Crippen molar-refractivity contribution in [3.63, 3.8) is 0 Å². The van der Waals surface area contributed by atoms with E-state index < -0.39 is 0 Å². The van der Waals surface area contributed by atoms with Crippen LogP contribution < -0.4 is 0 Å². The van der Waals surface area contributed by atoms with Gasteiger partial charge in [-0.15, -0.1) is 0 Å². The first kappa shape index (κ1) is 13.4. The molecule has 104 valence electrons. The smallest absolute Gasteiger partial charge is 0.219 e. The third-order valence-corrected chi connectivity index (χ3v) is 5.01. The molecule has 0 bridgehead atoms. The number of aromatic nitrogens is 2. The van der Waals surface area contributed by atoms with Crippen molar-refractivity contribution in [3.05, 3.63) is 15.0 Å². The average Bonchev–Trinajstić information content (AvgIpc) is 2.77. The molecule has 2 aliphatic heterocycles. The second-order valence-electron chi connectivity index (χ2n) is 5.17. The van der Waals surface area contributed by atoms with E-state index in [1.165, 1.54) is 12.0 Å². The number of carbonyl (C=O) groups excluding carboxylic acids is 1. The number of nitrogens with zero attached hydrogens (tertiary/aromatic N) is 3. The van der Waals surface area contributed by atoms with Crippen LogP contribution in [-0.2, 0) is 22.5 Å². The second-order valence-corrected chi connectivity index (χ2v) is 6.19. The van der Waals surface area contributed by atoms with Crippen LogP contribution >= 0.6 is 22.6 Å². The first-order chi connectivity index (χ1) is 9.16. The maximum atomic E-state index is 11.5. The molecule has 1 unspecified atom stereocenters. The summed E-state index contributed by atoms with van der Waals surface area (Å²) in [4.78, 5) is 13.4. The fourth-order valence-corrected chi connectivity index (χ4v) is 3.64. The highest BCUT2D eigenvalue weighted by molar-refractivity contribution is 14.1. The Hall–Kier alpha value is -0.630. The Morgan fingerprint density at radius 3 is 3.00 bits per heavy atom. The lowest BCUT2D eigenvalue weighted by atomic mass is 10.1. The molecule has 1 aromatic rings. The number of carbonyl (C=O) groups is 1. The van der Waals surface area contributed by atoms with Gasteiger partial charge in [-0.25, -0.2) is 4.68 Å². The predicted octanol–water partition coefficient (Wildman–Crippen LogP) is 2.09. The average molecular weight is 375 g/mol. The quantitative estimate of drug-likeness (QED) is 0.707. The van der Waals surface area contributed by atoms with E-state index in [4.69, 9.17) is 9.84 Å². The van der Waals surface area contributed by atoms with Crippen molar-refractivity contribution < 1.29 is 9.53 Å². The zero-order valence-corrected chi connectivity index (χ0v) is 13.2. The van der Waals surface area contributed by atoms with Crippen LogP contribution in [0.3, 0.4) is 0 Å². The molecular formula is C13H18IN3O2. The van der Waals surface area contributed by atoms with Gasteiger partial charge in [0, 0.05) is 32.1 Å². The molecule has 0 aliphatic carbocycles. The number of hydrogen-bond acceptors (Lipinski definition) is 3. The molecule has 1 amide bonds. The van der Waals surface area contributed by atoms with Crippen LogP contribution in [0.2, 0.25) is 0 Å². The predicted molar refractivity (Wildman–Crippen MR) is 78.6 cm³/mol. The van der Waals surface area contributed by atoms with E-state index in [2.05, 4.69) is 22.6 Å². The Kier molecular flexibility index (Phi) is 3.79. The number of rotatable bonds is 1. The molecule has 1 aromatic heterocycles. The maximum absolute atomic E-state index is 11.5. The minimum atomic E-state index is 0.0806. The summed E-state index contributed by atoms with van der Waals surface area (Å²) in [5.41, 5.74) is 2.34. The molecule has 1 atom stereocenters. The lowest BCUT2D eigenvalue weighted by Gasteiger charge is -2.25. The summed E-state index contributed by atoms with van der Waals surface area (Å²) in [6, 6.07) is 0. The Morgan fingerprint density at radius 1 is 1.47 bits per heavy atom. The van der Waals surface area contributed by atoms with Gasteiger partial charge in [-0.05, 0) is 41.9 Å². The van der Waals surface area contributed by atoms with E-state index >= 15 is 0 Å². The molecule has 3 heterocycles. The topological polar surface area (TPSA) is 47.4 Å². The zero-order chi connectivity index (χ0) is 13.4. The van der Waals surface area contributed by atoms with E-state index in [1.807, 2.05) is 9.58 Å². The SMILES string of the molecule is CC(=O)N1CCc2nn(C3CCCCO3)c(I)c2C1. The summed E-state index contributed by atoms with van der Waals surface area (Å²) < 4.78 is 8.96. The Bertz CT molecular complexity index is 494. The van der Waals surface area contributed by atoms with Crippen LogP contribution in [-0.4, -0.2) is 33.7 Å². The van der Waals surface area contributed by atoms with Crippen LogP contribution in [0.5, 0.6) is 0 Å². The summed E-state index contributed by atoms with van der Waals surface area (Å²) in [6.07, 6.45) is 4.31. The summed E-state index contributed by atoms with van der Waals surface area (Å²) >= 11 is 2.34. The number of fused-ring (bicyclic) bond motifs is 1. The Labute approximate surface area is 126 Å². The summed E-state index contributed by atoms with van der Waals surface area (Å²) in [7, 11) is 0. The number of amides is 1. The molecule has 1 fully saturated rings. The van der Waals surface area contributed by atoms with E-state index in [0.29, 0.717) is 6.54 Å². The fraction of sp³-hybridized carbons (Fsp3) is 0.692. The number of hydrogen-bond donors (Lipinski definition) is 0. The van der Waals surface area contributed by atoms with Gasteiger partial charge in [0.1, 0.15) is 3.70 Å². The number of ether oxygens (including phenoxy) is 1. The molecular weight excluding hydrogens is 357 g/mol. The zero-order valence-electron chi connectivity index (χ0n) is 11.1. The van der Waals surface area contributed by atoms with Gasteiger partial charge >= 0.3 is 0 Å². The maximum Gasteiger partial charge on any atom is 0.219 e. The summed E-state index contributed by atoms with van der Waals surface area (Å²) in [5.74, 6) is 0.142. The molecule has 5 nitrogen and oxygen atoms in total. The molecule has 0 spiro atoms. The highest BCUT2D eigenvalue weighted by Gasteiger charge is 2.28. The van der Waals surface area contributed by atoms with Crippen molar-refractivity contribution >= 4 is 28.5 Å². The lowest BCUT2D eigenvalue weighted by molar-refractivity contribution is -0.129.